The molecule has 25 heavy (non-hydrogen) atoms. The average Bonchev–Trinajstić information content (AvgIpc) is 2.57. The summed E-state index contributed by atoms with van der Waals surface area (Å²) in [7, 11) is 0. The first kappa shape index (κ1) is 17.9. The number of para-hydroxylation sites is 2. The summed E-state index contributed by atoms with van der Waals surface area (Å²) in [5.41, 5.74) is 6.51. The van der Waals surface area contributed by atoms with Crippen molar-refractivity contribution in [1.29, 1.82) is 0 Å². The van der Waals surface area contributed by atoms with Gasteiger partial charge in [0.2, 0.25) is 0 Å². The molecule has 8 heteroatoms. The number of nitrogens with zero attached hydrogens (tertiary/aromatic N) is 1. The third-order valence-electron chi connectivity index (χ3n) is 3.22. The van der Waals surface area contributed by atoms with E-state index in [1.807, 2.05) is 19.9 Å². The van der Waals surface area contributed by atoms with Gasteiger partial charge in [0.05, 0.1) is 4.92 Å². The van der Waals surface area contributed by atoms with Gasteiger partial charge < -0.3 is 4.74 Å². The molecule has 0 aliphatic rings. The monoisotopic (exact) mass is 343 g/mol. The van der Waals surface area contributed by atoms with Crippen molar-refractivity contribution in [3.05, 3.63) is 69.3 Å². The van der Waals surface area contributed by atoms with Gasteiger partial charge >= 0.3 is 5.69 Å². The summed E-state index contributed by atoms with van der Waals surface area (Å²) >= 11 is 0. The van der Waals surface area contributed by atoms with Crippen LogP contribution in [0.25, 0.3) is 0 Å². The Morgan fingerprint density at radius 2 is 1.72 bits per heavy atom. The lowest BCUT2D eigenvalue weighted by atomic mass is 10.1. The molecule has 0 aliphatic heterocycles. The summed E-state index contributed by atoms with van der Waals surface area (Å²) in [5.74, 6) is -1.13. The van der Waals surface area contributed by atoms with Crippen molar-refractivity contribution in [1.82, 2.24) is 10.9 Å². The smallest absolute Gasteiger partial charge is 0.310 e. The largest absolute Gasteiger partial charge is 0.477 e. The first-order valence-electron chi connectivity index (χ1n) is 7.40. The normalized spacial score (nSPS) is 10.0. The maximum atomic E-state index is 12.0. The molecule has 2 aromatic rings. The highest BCUT2D eigenvalue weighted by Crippen LogP contribution is 2.25. The number of ether oxygens (including phenoxy) is 1. The van der Waals surface area contributed by atoms with Crippen LogP contribution in [-0.4, -0.2) is 23.3 Å². The zero-order valence-electron chi connectivity index (χ0n) is 13.7. The number of hydrogen-bond donors (Lipinski definition) is 2. The van der Waals surface area contributed by atoms with Gasteiger partial charge in [-0.3, -0.25) is 30.6 Å². The van der Waals surface area contributed by atoms with Crippen molar-refractivity contribution in [3.8, 4) is 5.75 Å². The van der Waals surface area contributed by atoms with E-state index in [4.69, 9.17) is 4.74 Å². The SMILES string of the molecule is Cc1cc(C)cc(C(=O)NNC(=O)COc2ccccc2[N+](=O)[O-])c1. The zero-order chi connectivity index (χ0) is 18.4. The van der Waals surface area contributed by atoms with E-state index in [1.54, 1.807) is 18.2 Å². The van der Waals surface area contributed by atoms with E-state index in [1.165, 1.54) is 18.2 Å². The predicted molar refractivity (Wildman–Crippen MR) is 90.1 cm³/mol. The van der Waals surface area contributed by atoms with Crippen LogP contribution in [0.3, 0.4) is 0 Å². The van der Waals surface area contributed by atoms with Gasteiger partial charge in [-0.15, -0.1) is 0 Å². The molecule has 0 fully saturated rings. The number of nitro groups is 1. The zero-order valence-corrected chi connectivity index (χ0v) is 13.7. The van der Waals surface area contributed by atoms with E-state index in [-0.39, 0.29) is 11.4 Å². The molecule has 2 amide bonds. The second kappa shape index (κ2) is 7.91. The summed E-state index contributed by atoms with van der Waals surface area (Å²) in [6.07, 6.45) is 0. The molecule has 0 aliphatic carbocycles. The van der Waals surface area contributed by atoms with Crippen LogP contribution in [-0.2, 0) is 4.79 Å². The van der Waals surface area contributed by atoms with Crippen LogP contribution in [0.1, 0.15) is 21.5 Å². The van der Waals surface area contributed by atoms with E-state index in [9.17, 15) is 19.7 Å². The topological polar surface area (TPSA) is 111 Å². The van der Waals surface area contributed by atoms with Crippen LogP contribution in [0.2, 0.25) is 0 Å². The van der Waals surface area contributed by atoms with E-state index >= 15 is 0 Å². The number of amides is 2. The second-order valence-corrected chi connectivity index (χ2v) is 5.39. The Balaban J connectivity index is 1.89. The van der Waals surface area contributed by atoms with Gasteiger partial charge in [-0.25, -0.2) is 0 Å². The number of benzene rings is 2. The third-order valence-corrected chi connectivity index (χ3v) is 3.22. The van der Waals surface area contributed by atoms with E-state index in [2.05, 4.69) is 10.9 Å². The quantitative estimate of drug-likeness (QED) is 0.638. The van der Waals surface area contributed by atoms with Crippen LogP contribution < -0.4 is 15.6 Å². The van der Waals surface area contributed by atoms with Crippen molar-refractivity contribution in [2.24, 2.45) is 0 Å². The predicted octanol–water partition coefficient (Wildman–Crippen LogP) is 2.05. The van der Waals surface area contributed by atoms with Crippen molar-refractivity contribution in [2.45, 2.75) is 13.8 Å². The summed E-state index contributed by atoms with van der Waals surface area (Å²) < 4.78 is 5.13. The molecule has 0 radical (unpaired) electrons. The molecule has 2 rings (SSSR count). The number of carbonyl (C=O) groups excluding carboxylic acids is 2. The highest BCUT2D eigenvalue weighted by atomic mass is 16.6. The highest BCUT2D eigenvalue weighted by Gasteiger charge is 2.15. The lowest BCUT2D eigenvalue weighted by molar-refractivity contribution is -0.385. The maximum Gasteiger partial charge on any atom is 0.310 e. The van der Waals surface area contributed by atoms with Crippen LogP contribution in [0, 0.1) is 24.0 Å². The summed E-state index contributed by atoms with van der Waals surface area (Å²) in [6, 6.07) is 11.0. The van der Waals surface area contributed by atoms with Gasteiger partial charge in [0.15, 0.2) is 12.4 Å². The molecule has 130 valence electrons. The molecule has 0 spiro atoms. The molecular weight excluding hydrogens is 326 g/mol. The minimum absolute atomic E-state index is 0.0247. The van der Waals surface area contributed by atoms with Crippen LogP contribution in [0.15, 0.2) is 42.5 Å². The summed E-state index contributed by atoms with van der Waals surface area (Å²) in [6.45, 7) is 3.25. The summed E-state index contributed by atoms with van der Waals surface area (Å²) in [5, 5.41) is 10.9. The van der Waals surface area contributed by atoms with Crippen LogP contribution in [0.5, 0.6) is 5.75 Å². The fourth-order valence-corrected chi connectivity index (χ4v) is 2.21. The second-order valence-electron chi connectivity index (χ2n) is 5.39. The Hall–Kier alpha value is -3.42. The van der Waals surface area contributed by atoms with Gasteiger partial charge in [0.25, 0.3) is 11.8 Å². The van der Waals surface area contributed by atoms with Gasteiger partial charge in [0.1, 0.15) is 0 Å². The molecule has 0 saturated heterocycles. The van der Waals surface area contributed by atoms with Crippen molar-refractivity contribution >= 4 is 17.5 Å². The number of rotatable bonds is 5. The van der Waals surface area contributed by atoms with Crippen LogP contribution >= 0.6 is 0 Å². The van der Waals surface area contributed by atoms with Crippen molar-refractivity contribution in [3.63, 3.8) is 0 Å². The standard InChI is InChI=1S/C17H17N3O5/c1-11-7-12(2)9-13(8-11)17(22)19-18-16(21)10-25-15-6-4-3-5-14(15)20(23)24/h3-9H,10H2,1-2H3,(H,18,21)(H,19,22). The van der Waals surface area contributed by atoms with E-state index < -0.39 is 23.3 Å². The number of nitro benzene ring substituents is 1. The maximum absolute atomic E-state index is 12.0. The average molecular weight is 343 g/mol. The molecule has 0 unspecified atom stereocenters. The van der Waals surface area contributed by atoms with Gasteiger partial charge in [0, 0.05) is 11.6 Å². The third kappa shape index (κ3) is 5.03. The fraction of sp³-hybridized carbons (Fsp3) is 0.176. The van der Waals surface area contributed by atoms with Crippen LogP contribution in [0.4, 0.5) is 5.69 Å². The van der Waals surface area contributed by atoms with E-state index in [0.717, 1.165) is 11.1 Å². The fourth-order valence-electron chi connectivity index (χ4n) is 2.21. The lowest BCUT2D eigenvalue weighted by Gasteiger charge is -2.10. The molecule has 2 aromatic carbocycles. The minimum atomic E-state index is -0.643. The Kier molecular flexibility index (Phi) is 5.67. The lowest BCUT2D eigenvalue weighted by Crippen LogP contribution is -2.43. The van der Waals surface area contributed by atoms with Gasteiger partial charge in [-0.05, 0) is 32.0 Å². The molecule has 0 aromatic heterocycles. The number of hydrazine groups is 1. The minimum Gasteiger partial charge on any atom is -0.477 e. The Morgan fingerprint density at radius 3 is 2.36 bits per heavy atom. The molecule has 0 bridgehead atoms. The van der Waals surface area contributed by atoms with Crippen molar-refractivity contribution < 1.29 is 19.2 Å². The van der Waals surface area contributed by atoms with Gasteiger partial charge in [-0.1, -0.05) is 29.3 Å². The first-order valence-corrected chi connectivity index (χ1v) is 7.40. The van der Waals surface area contributed by atoms with E-state index in [0.29, 0.717) is 5.56 Å². The Labute approximate surface area is 143 Å². The Morgan fingerprint density at radius 1 is 1.08 bits per heavy atom. The summed E-state index contributed by atoms with van der Waals surface area (Å²) in [4.78, 5) is 34.0. The highest BCUT2D eigenvalue weighted by molar-refractivity contribution is 5.95. The number of carbonyl (C=O) groups is 2. The molecule has 0 heterocycles. The van der Waals surface area contributed by atoms with Crippen molar-refractivity contribution in [2.75, 3.05) is 6.61 Å². The molecule has 0 saturated carbocycles. The number of hydrogen-bond acceptors (Lipinski definition) is 5. The number of aryl methyl sites for hydroxylation is 2. The first-order chi connectivity index (χ1) is 11.9. The number of nitrogens with one attached hydrogen (secondary N) is 2. The molecular formula is C17H17N3O5. The molecule has 8 nitrogen and oxygen atoms in total. The Bertz CT molecular complexity index is 799. The van der Waals surface area contributed by atoms with Gasteiger partial charge in [-0.2, -0.15) is 0 Å². The molecule has 0 atom stereocenters. The molecule has 2 N–H and O–H groups in total.